The highest BCUT2D eigenvalue weighted by Gasteiger charge is 2.13. The van der Waals surface area contributed by atoms with E-state index >= 15 is 0 Å². The van der Waals surface area contributed by atoms with Gasteiger partial charge in [-0.1, -0.05) is 24.3 Å². The molecule has 22 heavy (non-hydrogen) atoms. The van der Waals surface area contributed by atoms with E-state index in [1.165, 1.54) is 0 Å². The van der Waals surface area contributed by atoms with Crippen molar-refractivity contribution in [2.75, 3.05) is 14.2 Å². The first-order chi connectivity index (χ1) is 10.6. The quantitative estimate of drug-likeness (QED) is 0.772. The van der Waals surface area contributed by atoms with Gasteiger partial charge in [-0.15, -0.1) is 0 Å². The number of aromatic amines is 1. The van der Waals surface area contributed by atoms with E-state index in [1.54, 1.807) is 20.3 Å². The first kappa shape index (κ1) is 14.0. The SMILES string of the molecule is COc1ccc(-c2cccc3cc(C(=O)O)[nH]c23)cc1OC. The first-order valence-corrected chi connectivity index (χ1v) is 6.71. The Bertz CT molecular complexity index is 851. The summed E-state index contributed by atoms with van der Waals surface area (Å²) in [5.41, 5.74) is 2.78. The number of H-pyrrole nitrogens is 1. The van der Waals surface area contributed by atoms with Crippen molar-refractivity contribution in [3.8, 4) is 22.6 Å². The number of methoxy groups -OCH3 is 2. The lowest BCUT2D eigenvalue weighted by molar-refractivity contribution is 0.0691. The van der Waals surface area contributed by atoms with Gasteiger partial charge in [0.1, 0.15) is 5.69 Å². The van der Waals surface area contributed by atoms with Crippen LogP contribution in [0, 0.1) is 0 Å². The zero-order chi connectivity index (χ0) is 15.7. The Morgan fingerprint density at radius 2 is 1.82 bits per heavy atom. The maximum atomic E-state index is 11.1. The molecule has 3 aromatic rings. The topological polar surface area (TPSA) is 71.5 Å². The molecule has 3 rings (SSSR count). The Morgan fingerprint density at radius 1 is 1.05 bits per heavy atom. The average molecular weight is 297 g/mol. The highest BCUT2D eigenvalue weighted by atomic mass is 16.5. The number of hydrogen-bond acceptors (Lipinski definition) is 3. The van der Waals surface area contributed by atoms with E-state index in [1.807, 2.05) is 36.4 Å². The predicted molar refractivity (Wildman–Crippen MR) is 83.8 cm³/mol. The zero-order valence-electron chi connectivity index (χ0n) is 12.2. The highest BCUT2D eigenvalue weighted by Crippen LogP contribution is 2.35. The van der Waals surface area contributed by atoms with Crippen molar-refractivity contribution in [3.63, 3.8) is 0 Å². The lowest BCUT2D eigenvalue weighted by atomic mass is 10.0. The maximum Gasteiger partial charge on any atom is 0.352 e. The molecule has 5 nitrogen and oxygen atoms in total. The van der Waals surface area contributed by atoms with Crippen LogP contribution in [-0.2, 0) is 0 Å². The molecule has 0 radical (unpaired) electrons. The fourth-order valence-electron chi connectivity index (χ4n) is 2.52. The second-order valence-corrected chi connectivity index (χ2v) is 4.83. The number of fused-ring (bicyclic) bond motifs is 1. The lowest BCUT2D eigenvalue weighted by Crippen LogP contribution is -1.95. The molecule has 112 valence electrons. The molecule has 2 N–H and O–H groups in total. The summed E-state index contributed by atoms with van der Waals surface area (Å²) in [5, 5.41) is 9.98. The normalized spacial score (nSPS) is 10.6. The van der Waals surface area contributed by atoms with Gasteiger partial charge in [0.2, 0.25) is 0 Å². The fourth-order valence-corrected chi connectivity index (χ4v) is 2.52. The molecule has 0 spiro atoms. The van der Waals surface area contributed by atoms with Gasteiger partial charge in [0, 0.05) is 10.9 Å². The molecule has 0 saturated heterocycles. The van der Waals surface area contributed by atoms with Crippen LogP contribution in [0.15, 0.2) is 42.5 Å². The van der Waals surface area contributed by atoms with E-state index in [0.717, 1.165) is 22.0 Å². The number of carboxylic acids is 1. The number of carboxylic acid groups (broad SMARTS) is 1. The zero-order valence-corrected chi connectivity index (χ0v) is 12.2. The Balaban J connectivity index is 2.19. The third-order valence-electron chi connectivity index (χ3n) is 3.58. The second kappa shape index (κ2) is 5.44. The van der Waals surface area contributed by atoms with E-state index in [0.29, 0.717) is 11.5 Å². The number of ether oxygens (including phenoxy) is 2. The molecular weight excluding hydrogens is 282 g/mol. The summed E-state index contributed by atoms with van der Waals surface area (Å²) in [6.45, 7) is 0. The molecule has 1 heterocycles. The summed E-state index contributed by atoms with van der Waals surface area (Å²) in [6, 6.07) is 12.9. The van der Waals surface area contributed by atoms with Gasteiger partial charge in [-0.25, -0.2) is 4.79 Å². The molecular formula is C17H15NO4. The van der Waals surface area contributed by atoms with Gasteiger partial charge in [-0.2, -0.15) is 0 Å². The molecule has 1 aromatic heterocycles. The minimum atomic E-state index is -0.977. The Hall–Kier alpha value is -2.95. The van der Waals surface area contributed by atoms with Crippen LogP contribution in [0.1, 0.15) is 10.5 Å². The van der Waals surface area contributed by atoms with Crippen LogP contribution in [0.5, 0.6) is 11.5 Å². The monoisotopic (exact) mass is 297 g/mol. The number of hydrogen-bond donors (Lipinski definition) is 2. The van der Waals surface area contributed by atoms with Crippen LogP contribution in [-0.4, -0.2) is 30.3 Å². The van der Waals surface area contributed by atoms with Crippen LogP contribution < -0.4 is 9.47 Å². The maximum absolute atomic E-state index is 11.1. The van der Waals surface area contributed by atoms with Gasteiger partial charge in [0.05, 0.1) is 19.7 Å². The third kappa shape index (κ3) is 2.26. The molecule has 0 unspecified atom stereocenters. The van der Waals surface area contributed by atoms with E-state index in [2.05, 4.69) is 4.98 Å². The summed E-state index contributed by atoms with van der Waals surface area (Å²) in [6.07, 6.45) is 0. The summed E-state index contributed by atoms with van der Waals surface area (Å²) < 4.78 is 10.6. The molecule has 0 aliphatic heterocycles. The van der Waals surface area contributed by atoms with E-state index in [-0.39, 0.29) is 5.69 Å². The smallest absolute Gasteiger partial charge is 0.352 e. The summed E-state index contributed by atoms with van der Waals surface area (Å²) in [4.78, 5) is 14.1. The standard InChI is InChI=1S/C17H15NO4/c1-21-14-7-6-10(9-15(14)22-2)12-5-3-4-11-8-13(17(19)20)18-16(11)12/h3-9,18H,1-2H3,(H,19,20). The molecule has 0 aliphatic carbocycles. The Morgan fingerprint density at radius 3 is 2.50 bits per heavy atom. The van der Waals surface area contributed by atoms with Gasteiger partial charge in [-0.05, 0) is 23.8 Å². The van der Waals surface area contributed by atoms with Crippen molar-refractivity contribution in [2.24, 2.45) is 0 Å². The number of benzene rings is 2. The number of aromatic nitrogens is 1. The molecule has 0 fully saturated rings. The van der Waals surface area contributed by atoms with Crippen molar-refractivity contribution in [1.82, 2.24) is 4.98 Å². The van der Waals surface area contributed by atoms with Crippen molar-refractivity contribution < 1.29 is 19.4 Å². The third-order valence-corrected chi connectivity index (χ3v) is 3.58. The van der Waals surface area contributed by atoms with Crippen molar-refractivity contribution >= 4 is 16.9 Å². The number of carbonyl (C=O) groups is 1. The van der Waals surface area contributed by atoms with Crippen molar-refractivity contribution in [3.05, 3.63) is 48.2 Å². The molecule has 0 atom stereocenters. The van der Waals surface area contributed by atoms with Gasteiger partial charge in [0.25, 0.3) is 0 Å². The van der Waals surface area contributed by atoms with Crippen LogP contribution in [0.3, 0.4) is 0 Å². The molecule has 0 amide bonds. The van der Waals surface area contributed by atoms with Gasteiger partial charge in [-0.3, -0.25) is 0 Å². The predicted octanol–water partition coefficient (Wildman–Crippen LogP) is 3.55. The minimum absolute atomic E-state index is 0.169. The first-order valence-electron chi connectivity index (χ1n) is 6.71. The molecule has 5 heteroatoms. The second-order valence-electron chi connectivity index (χ2n) is 4.83. The van der Waals surface area contributed by atoms with Crippen molar-refractivity contribution in [1.29, 1.82) is 0 Å². The van der Waals surface area contributed by atoms with Gasteiger partial charge >= 0.3 is 5.97 Å². The van der Waals surface area contributed by atoms with Gasteiger partial charge in [0.15, 0.2) is 11.5 Å². The summed E-state index contributed by atoms with van der Waals surface area (Å²) in [7, 11) is 3.17. The molecule has 0 aliphatic rings. The number of aromatic carboxylic acids is 1. The van der Waals surface area contributed by atoms with E-state index < -0.39 is 5.97 Å². The van der Waals surface area contributed by atoms with Gasteiger partial charge < -0.3 is 19.6 Å². The van der Waals surface area contributed by atoms with Crippen LogP contribution in [0.25, 0.3) is 22.0 Å². The number of para-hydroxylation sites is 1. The van der Waals surface area contributed by atoms with E-state index in [4.69, 9.17) is 14.6 Å². The molecule has 0 bridgehead atoms. The summed E-state index contributed by atoms with van der Waals surface area (Å²) >= 11 is 0. The number of rotatable bonds is 4. The minimum Gasteiger partial charge on any atom is -0.493 e. The van der Waals surface area contributed by atoms with Crippen LogP contribution in [0.2, 0.25) is 0 Å². The van der Waals surface area contributed by atoms with E-state index in [9.17, 15) is 4.79 Å². The fraction of sp³-hybridized carbons (Fsp3) is 0.118. The highest BCUT2D eigenvalue weighted by molar-refractivity contribution is 6.00. The average Bonchev–Trinajstić information content (AvgIpc) is 2.98. The summed E-state index contributed by atoms with van der Waals surface area (Å²) in [5.74, 6) is 0.299. The largest absolute Gasteiger partial charge is 0.493 e. The van der Waals surface area contributed by atoms with Crippen LogP contribution in [0.4, 0.5) is 0 Å². The molecule has 0 saturated carbocycles. The Labute approximate surface area is 127 Å². The Kier molecular flexibility index (Phi) is 3.47. The number of nitrogens with one attached hydrogen (secondary N) is 1. The molecule has 2 aromatic carbocycles. The van der Waals surface area contributed by atoms with Crippen molar-refractivity contribution in [2.45, 2.75) is 0 Å². The lowest BCUT2D eigenvalue weighted by Gasteiger charge is -2.10. The van der Waals surface area contributed by atoms with Crippen LogP contribution >= 0.6 is 0 Å².